The maximum absolute atomic E-state index is 12.5. The van der Waals surface area contributed by atoms with E-state index in [1.807, 2.05) is 36.4 Å². The third-order valence-electron chi connectivity index (χ3n) is 6.01. The van der Waals surface area contributed by atoms with Crippen molar-refractivity contribution in [3.8, 4) is 0 Å². The van der Waals surface area contributed by atoms with Gasteiger partial charge in [-0.3, -0.25) is 4.55 Å². The first-order valence-corrected chi connectivity index (χ1v) is 12.2. The fraction of sp³-hybridized carbons (Fsp3) is 0.143. The van der Waals surface area contributed by atoms with Crippen LogP contribution in [0, 0.1) is 0 Å². The lowest BCUT2D eigenvalue weighted by atomic mass is 9.94. The fourth-order valence-corrected chi connectivity index (χ4v) is 5.66. The Balaban J connectivity index is 0.00000259. The maximum Gasteiger partial charge on any atom is 0.276 e. The number of hydrogen-bond donors (Lipinski definition) is 1. The Kier molecular flexibility index (Phi) is 6.47. The maximum atomic E-state index is 12.5. The average molecular weight is 459 g/mol. The minimum absolute atomic E-state index is 0. The third-order valence-corrected chi connectivity index (χ3v) is 7.15. The van der Waals surface area contributed by atoms with Gasteiger partial charge >= 0.3 is 0 Å². The van der Waals surface area contributed by atoms with Crippen LogP contribution in [0.25, 0.3) is 0 Å². The molecular weight excluding hydrogens is 432 g/mol. The lowest BCUT2D eigenvalue weighted by Gasteiger charge is -2.18. The second-order valence-electron chi connectivity index (χ2n) is 8.56. The summed E-state index contributed by atoms with van der Waals surface area (Å²) in [5.74, 6) is 0. The molecule has 5 heteroatoms. The molecule has 0 atom stereocenters. The van der Waals surface area contributed by atoms with Gasteiger partial charge in [0.25, 0.3) is 10.1 Å². The van der Waals surface area contributed by atoms with Crippen LogP contribution in [0.3, 0.4) is 0 Å². The monoisotopic (exact) mass is 458 g/mol. The second-order valence-corrected chi connectivity index (χ2v) is 10.1. The molecule has 33 heavy (non-hydrogen) atoms. The Bertz CT molecular complexity index is 1300. The van der Waals surface area contributed by atoms with Crippen LogP contribution >= 0.6 is 0 Å². The summed E-state index contributed by atoms with van der Waals surface area (Å²) >= 11 is 0. The van der Waals surface area contributed by atoms with Crippen molar-refractivity contribution in [3.05, 3.63) is 142 Å². The van der Waals surface area contributed by atoms with Crippen molar-refractivity contribution < 1.29 is 18.4 Å². The highest BCUT2D eigenvalue weighted by Gasteiger charge is 2.27. The van der Waals surface area contributed by atoms with E-state index < -0.39 is 15.4 Å². The zero-order chi connectivity index (χ0) is 22.1. The van der Waals surface area contributed by atoms with E-state index in [1.165, 1.54) is 22.3 Å². The topological polar surface area (TPSA) is 85.9 Å². The van der Waals surface area contributed by atoms with Crippen LogP contribution in [0.4, 0.5) is 0 Å². The van der Waals surface area contributed by atoms with Crippen LogP contribution in [0.5, 0.6) is 0 Å². The van der Waals surface area contributed by atoms with Crippen LogP contribution in [0.1, 0.15) is 49.8 Å². The Labute approximate surface area is 194 Å². The first-order valence-electron chi connectivity index (χ1n) is 10.7. The molecule has 0 amide bonds. The number of fused-ring (bicyclic) bond motifs is 8. The van der Waals surface area contributed by atoms with Gasteiger partial charge in [0.2, 0.25) is 0 Å². The molecule has 168 valence electrons. The number of hydrogen-bond acceptors (Lipinski definition) is 2. The summed E-state index contributed by atoms with van der Waals surface area (Å²) in [6.45, 7) is 0. The third kappa shape index (κ3) is 5.22. The van der Waals surface area contributed by atoms with Crippen LogP contribution in [0.2, 0.25) is 0 Å². The molecule has 8 bridgehead atoms. The molecular formula is C28H26O4S. The minimum Gasteiger partial charge on any atom is -0.412 e. The lowest BCUT2D eigenvalue weighted by Crippen LogP contribution is -2.14. The number of benzene rings is 4. The highest BCUT2D eigenvalue weighted by Crippen LogP contribution is 2.32. The quantitative estimate of drug-likeness (QED) is 0.411. The molecule has 4 aromatic carbocycles. The smallest absolute Gasteiger partial charge is 0.276 e. The van der Waals surface area contributed by atoms with Crippen molar-refractivity contribution >= 4 is 10.1 Å². The van der Waals surface area contributed by atoms with Gasteiger partial charge in [0, 0.05) is 0 Å². The second kappa shape index (κ2) is 9.32. The van der Waals surface area contributed by atoms with Gasteiger partial charge in [-0.15, -0.1) is 0 Å². The van der Waals surface area contributed by atoms with Crippen LogP contribution in [0.15, 0.2) is 97.1 Å². The summed E-state index contributed by atoms with van der Waals surface area (Å²) in [6.07, 6.45) is 2.26. The van der Waals surface area contributed by atoms with E-state index in [2.05, 4.69) is 48.5 Å². The molecule has 0 aliphatic heterocycles. The molecule has 3 N–H and O–H groups in total. The van der Waals surface area contributed by atoms with E-state index in [-0.39, 0.29) is 5.48 Å². The summed E-state index contributed by atoms with van der Waals surface area (Å²) in [5, 5.41) is -1.12. The van der Waals surface area contributed by atoms with Crippen LogP contribution < -0.4 is 0 Å². The van der Waals surface area contributed by atoms with Gasteiger partial charge < -0.3 is 5.48 Å². The van der Waals surface area contributed by atoms with Gasteiger partial charge in [-0.1, -0.05) is 97.1 Å². The predicted octanol–water partition coefficient (Wildman–Crippen LogP) is 4.92. The predicted molar refractivity (Wildman–Crippen MR) is 131 cm³/mol. The highest BCUT2D eigenvalue weighted by molar-refractivity contribution is 7.86. The molecule has 1 aliphatic carbocycles. The normalized spacial score (nSPS) is 13.7. The van der Waals surface area contributed by atoms with E-state index in [4.69, 9.17) is 0 Å². The SMILES string of the molecule is O.O=S(=O)(O)C1c2cccc(c2)Cc2cccc(c2)Cc2cccc(c2)Cc2cccc1c2. The Hall–Kier alpha value is -3.25. The molecule has 0 spiro atoms. The summed E-state index contributed by atoms with van der Waals surface area (Å²) in [5.41, 5.74) is 8.03. The molecule has 4 aromatic rings. The fourth-order valence-electron chi connectivity index (χ4n) is 4.67. The van der Waals surface area contributed by atoms with E-state index in [0.717, 1.165) is 17.5 Å². The molecule has 1 aliphatic rings. The highest BCUT2D eigenvalue weighted by atomic mass is 32.2. The van der Waals surface area contributed by atoms with Gasteiger partial charge in [0.05, 0.1) is 0 Å². The molecule has 0 saturated carbocycles. The van der Waals surface area contributed by atoms with Crippen molar-refractivity contribution in [2.45, 2.75) is 24.5 Å². The van der Waals surface area contributed by atoms with Crippen molar-refractivity contribution in [1.29, 1.82) is 0 Å². The molecule has 0 heterocycles. The Morgan fingerprint density at radius 1 is 0.545 bits per heavy atom. The van der Waals surface area contributed by atoms with E-state index >= 15 is 0 Å². The van der Waals surface area contributed by atoms with Gasteiger partial charge in [0.15, 0.2) is 0 Å². The molecule has 0 unspecified atom stereocenters. The van der Waals surface area contributed by atoms with E-state index in [9.17, 15) is 13.0 Å². The van der Waals surface area contributed by atoms with Crippen molar-refractivity contribution in [2.75, 3.05) is 0 Å². The first-order chi connectivity index (χ1) is 15.4. The zero-order valence-corrected chi connectivity index (χ0v) is 18.9. The molecule has 0 radical (unpaired) electrons. The zero-order valence-electron chi connectivity index (χ0n) is 18.1. The van der Waals surface area contributed by atoms with Gasteiger partial charge in [-0.05, 0) is 63.8 Å². The van der Waals surface area contributed by atoms with E-state index in [0.29, 0.717) is 24.0 Å². The van der Waals surface area contributed by atoms with Gasteiger partial charge in [-0.25, -0.2) is 0 Å². The largest absolute Gasteiger partial charge is 0.412 e. The molecule has 4 nitrogen and oxygen atoms in total. The average Bonchev–Trinajstić information content (AvgIpc) is 2.73. The van der Waals surface area contributed by atoms with Crippen LogP contribution in [-0.4, -0.2) is 18.4 Å². The van der Waals surface area contributed by atoms with Gasteiger partial charge in [-0.2, -0.15) is 8.42 Å². The summed E-state index contributed by atoms with van der Waals surface area (Å²) in [4.78, 5) is 0. The minimum atomic E-state index is -4.35. The van der Waals surface area contributed by atoms with Crippen LogP contribution in [-0.2, 0) is 29.4 Å². The Morgan fingerprint density at radius 2 is 0.848 bits per heavy atom. The van der Waals surface area contributed by atoms with Gasteiger partial charge in [0.1, 0.15) is 5.25 Å². The lowest BCUT2D eigenvalue weighted by molar-refractivity contribution is 0.475. The van der Waals surface area contributed by atoms with Crippen molar-refractivity contribution in [1.82, 2.24) is 0 Å². The summed E-state index contributed by atoms with van der Waals surface area (Å²) < 4.78 is 35.1. The first kappa shape index (κ1) is 22.9. The van der Waals surface area contributed by atoms with Crippen molar-refractivity contribution in [2.24, 2.45) is 0 Å². The summed E-state index contributed by atoms with van der Waals surface area (Å²) in [7, 11) is -4.35. The Morgan fingerprint density at radius 3 is 1.18 bits per heavy atom. The summed E-state index contributed by atoms with van der Waals surface area (Å²) in [6, 6.07) is 32.1. The van der Waals surface area contributed by atoms with Crippen molar-refractivity contribution in [3.63, 3.8) is 0 Å². The number of rotatable bonds is 1. The standard InChI is InChI=1S/C28H24O3S.H2O/c29-32(30,31)28-26-11-3-9-24(18-26)16-22-7-1-5-20(14-22)13-21-6-2-8-23(15-21)17-25-10-4-12-27(28)19-25;/h1-12,14-15,18-19,28H,13,16-17H2,(H,29,30,31);1H2. The van der Waals surface area contributed by atoms with E-state index in [1.54, 1.807) is 12.1 Å². The molecule has 0 saturated heterocycles. The molecule has 0 fully saturated rings. The molecule has 5 rings (SSSR count). The molecule has 0 aromatic heterocycles.